The van der Waals surface area contributed by atoms with Gasteiger partial charge >= 0.3 is 5.97 Å². The largest absolute Gasteiger partial charge is 0.483 e. The highest BCUT2D eigenvalue weighted by Crippen LogP contribution is 2.01. The fourth-order valence-corrected chi connectivity index (χ4v) is 0.703. The van der Waals surface area contributed by atoms with Gasteiger partial charge in [-0.3, -0.25) is 9.59 Å². The molecule has 0 heterocycles. The average Bonchev–Trinajstić information content (AvgIpc) is 1.99. The predicted octanol–water partition coefficient (Wildman–Crippen LogP) is 1.74. The van der Waals surface area contributed by atoms with Crippen LogP contribution in [0.5, 0.6) is 0 Å². The van der Waals surface area contributed by atoms with Gasteiger partial charge in [0.15, 0.2) is 0 Å². The normalized spacial score (nSPS) is 8.08. The Labute approximate surface area is 72.2 Å². The minimum Gasteiger partial charge on any atom is -0.483 e. The Balaban J connectivity index is 0. The molecule has 0 aromatic heterocycles. The lowest BCUT2D eigenvalue weighted by Gasteiger charge is -1.92. The van der Waals surface area contributed by atoms with Gasteiger partial charge in [0.05, 0.1) is 0 Å². The van der Waals surface area contributed by atoms with E-state index in [0.717, 1.165) is 19.3 Å². The highest BCUT2D eigenvalue weighted by Gasteiger charge is 1.93. The number of rotatable bonds is 5. The molecular weight excluding hydrogens is 160 g/mol. The van der Waals surface area contributed by atoms with Crippen LogP contribution in [-0.4, -0.2) is 22.7 Å². The Hall–Kier alpha value is -1.06. The second-order valence-corrected chi connectivity index (χ2v) is 2.31. The van der Waals surface area contributed by atoms with Gasteiger partial charge in [-0.1, -0.05) is 26.2 Å². The summed E-state index contributed by atoms with van der Waals surface area (Å²) in [6, 6.07) is 0. The first-order chi connectivity index (χ1) is 5.68. The van der Waals surface area contributed by atoms with Crippen LogP contribution in [0.2, 0.25) is 0 Å². The molecule has 0 atom stereocenters. The molecule has 0 aliphatic heterocycles. The van der Waals surface area contributed by atoms with Crippen LogP contribution in [0.15, 0.2) is 0 Å². The number of carbonyl (C=O) groups is 2. The van der Waals surface area contributed by atoms with Crippen LogP contribution in [0.1, 0.15) is 39.0 Å². The van der Waals surface area contributed by atoms with Gasteiger partial charge in [0.25, 0.3) is 6.47 Å². The van der Waals surface area contributed by atoms with E-state index >= 15 is 0 Å². The quantitative estimate of drug-likeness (QED) is 0.494. The Morgan fingerprint density at radius 1 is 1.33 bits per heavy atom. The third kappa shape index (κ3) is 23.1. The molecule has 12 heavy (non-hydrogen) atoms. The van der Waals surface area contributed by atoms with Crippen molar-refractivity contribution in [2.45, 2.75) is 39.0 Å². The van der Waals surface area contributed by atoms with Crippen LogP contribution in [0.3, 0.4) is 0 Å². The summed E-state index contributed by atoms with van der Waals surface area (Å²) >= 11 is 0. The van der Waals surface area contributed by atoms with E-state index in [4.69, 9.17) is 15.0 Å². The van der Waals surface area contributed by atoms with E-state index in [0.29, 0.717) is 6.42 Å². The first-order valence-electron chi connectivity index (χ1n) is 3.98. The molecule has 0 amide bonds. The Kier molecular flexibility index (Phi) is 14.2. The molecule has 0 aromatic carbocycles. The van der Waals surface area contributed by atoms with Crippen molar-refractivity contribution in [1.82, 2.24) is 0 Å². The number of carboxylic acid groups (broad SMARTS) is 2. The van der Waals surface area contributed by atoms with Crippen molar-refractivity contribution < 1.29 is 19.8 Å². The summed E-state index contributed by atoms with van der Waals surface area (Å²) in [7, 11) is 0. The Morgan fingerprint density at radius 2 is 1.83 bits per heavy atom. The molecule has 0 bridgehead atoms. The van der Waals surface area contributed by atoms with Crippen molar-refractivity contribution in [3.05, 3.63) is 0 Å². The SMILES string of the molecule is CCCCCCC(=O)O.O=CO. The maximum absolute atomic E-state index is 9.96. The lowest BCUT2D eigenvalue weighted by atomic mass is 10.2. The first-order valence-corrected chi connectivity index (χ1v) is 3.98. The first kappa shape index (κ1) is 13.5. The fraction of sp³-hybridized carbons (Fsp3) is 0.750. The van der Waals surface area contributed by atoms with Gasteiger partial charge in [0.2, 0.25) is 0 Å². The molecule has 2 N–H and O–H groups in total. The highest BCUT2D eigenvalue weighted by molar-refractivity contribution is 5.66. The molecule has 0 aromatic rings. The van der Waals surface area contributed by atoms with E-state index in [1.807, 2.05) is 0 Å². The zero-order chi connectivity index (χ0) is 9.82. The average molecular weight is 176 g/mol. The van der Waals surface area contributed by atoms with Crippen LogP contribution in [0.4, 0.5) is 0 Å². The van der Waals surface area contributed by atoms with Crippen LogP contribution in [0, 0.1) is 0 Å². The van der Waals surface area contributed by atoms with Crippen molar-refractivity contribution in [3.8, 4) is 0 Å². The van der Waals surface area contributed by atoms with Gasteiger partial charge in [-0.15, -0.1) is 0 Å². The van der Waals surface area contributed by atoms with Gasteiger partial charge in [-0.05, 0) is 6.42 Å². The summed E-state index contributed by atoms with van der Waals surface area (Å²) in [4.78, 5) is 18.3. The number of hydrogen-bond donors (Lipinski definition) is 2. The van der Waals surface area contributed by atoms with Crippen LogP contribution < -0.4 is 0 Å². The molecule has 72 valence electrons. The summed E-state index contributed by atoms with van der Waals surface area (Å²) in [6.45, 7) is 1.86. The number of aliphatic carboxylic acids is 1. The lowest BCUT2D eigenvalue weighted by Crippen LogP contribution is -1.92. The molecular formula is C8H16O4. The lowest BCUT2D eigenvalue weighted by molar-refractivity contribution is -0.137. The summed E-state index contributed by atoms with van der Waals surface area (Å²) < 4.78 is 0. The molecule has 0 saturated heterocycles. The maximum Gasteiger partial charge on any atom is 0.303 e. The minimum atomic E-state index is -0.675. The minimum absolute atomic E-state index is 0.250. The zero-order valence-electron chi connectivity index (χ0n) is 7.32. The van der Waals surface area contributed by atoms with Crippen molar-refractivity contribution in [1.29, 1.82) is 0 Å². The highest BCUT2D eigenvalue weighted by atomic mass is 16.4. The molecule has 0 radical (unpaired) electrons. The van der Waals surface area contributed by atoms with Crippen LogP contribution in [-0.2, 0) is 9.59 Å². The van der Waals surface area contributed by atoms with Gasteiger partial charge in [0, 0.05) is 6.42 Å². The summed E-state index contributed by atoms with van der Waals surface area (Å²) in [5.74, 6) is -0.675. The molecule has 4 nitrogen and oxygen atoms in total. The van der Waals surface area contributed by atoms with Crippen molar-refractivity contribution >= 4 is 12.4 Å². The van der Waals surface area contributed by atoms with Gasteiger partial charge in [-0.2, -0.15) is 0 Å². The summed E-state index contributed by atoms with van der Waals surface area (Å²) in [6.07, 6.45) is 4.55. The third-order valence-corrected chi connectivity index (χ3v) is 1.24. The van der Waals surface area contributed by atoms with E-state index in [2.05, 4.69) is 6.92 Å². The Bertz CT molecular complexity index is 112. The van der Waals surface area contributed by atoms with E-state index < -0.39 is 5.97 Å². The molecule has 4 heteroatoms. The maximum atomic E-state index is 9.96. The van der Waals surface area contributed by atoms with Gasteiger partial charge in [0.1, 0.15) is 0 Å². The van der Waals surface area contributed by atoms with E-state index in [-0.39, 0.29) is 6.47 Å². The van der Waals surface area contributed by atoms with Gasteiger partial charge < -0.3 is 10.2 Å². The molecule has 0 fully saturated rings. The number of unbranched alkanes of at least 4 members (excludes halogenated alkanes) is 3. The topological polar surface area (TPSA) is 74.6 Å². The standard InChI is InChI=1S/C7H14O2.CH2O2/c1-2-3-4-5-6-7(8)9;2-1-3/h2-6H2,1H3,(H,8,9);1H,(H,2,3). The molecule has 0 aliphatic carbocycles. The number of carboxylic acids is 1. The van der Waals surface area contributed by atoms with E-state index in [1.54, 1.807) is 0 Å². The molecule has 0 saturated carbocycles. The number of hydrogen-bond acceptors (Lipinski definition) is 2. The van der Waals surface area contributed by atoms with Crippen LogP contribution >= 0.6 is 0 Å². The zero-order valence-corrected chi connectivity index (χ0v) is 7.32. The second-order valence-electron chi connectivity index (χ2n) is 2.31. The van der Waals surface area contributed by atoms with Crippen molar-refractivity contribution in [3.63, 3.8) is 0 Å². The Morgan fingerprint density at radius 3 is 2.17 bits per heavy atom. The van der Waals surface area contributed by atoms with E-state index in [1.165, 1.54) is 6.42 Å². The summed E-state index contributed by atoms with van der Waals surface area (Å²) in [5, 5.41) is 15.1. The van der Waals surface area contributed by atoms with Crippen molar-refractivity contribution in [2.24, 2.45) is 0 Å². The van der Waals surface area contributed by atoms with E-state index in [9.17, 15) is 4.79 Å². The third-order valence-electron chi connectivity index (χ3n) is 1.24. The predicted molar refractivity (Wildman–Crippen MR) is 45.1 cm³/mol. The molecule has 0 spiro atoms. The monoisotopic (exact) mass is 176 g/mol. The smallest absolute Gasteiger partial charge is 0.303 e. The molecule has 0 aliphatic rings. The second kappa shape index (κ2) is 12.6. The molecule has 0 rings (SSSR count). The van der Waals surface area contributed by atoms with Gasteiger partial charge in [-0.25, -0.2) is 0 Å². The summed E-state index contributed by atoms with van der Waals surface area (Å²) in [5.41, 5.74) is 0. The van der Waals surface area contributed by atoms with Crippen molar-refractivity contribution in [2.75, 3.05) is 0 Å². The van der Waals surface area contributed by atoms with Crippen LogP contribution in [0.25, 0.3) is 0 Å². The molecule has 0 unspecified atom stereocenters. The fourth-order valence-electron chi connectivity index (χ4n) is 0.703.